The number of benzene rings is 1. The third-order valence-corrected chi connectivity index (χ3v) is 2.21. The maximum absolute atomic E-state index is 11.5. The molecule has 68 valence electrons. The molecule has 1 aliphatic heterocycles. The maximum atomic E-state index is 11.5. The molecule has 0 aliphatic carbocycles. The normalized spacial score (nSPS) is 20.1. The van der Waals surface area contributed by atoms with Gasteiger partial charge in [0.15, 0.2) is 0 Å². The molecule has 0 bridgehead atoms. The molecule has 1 heterocycles. The second-order valence-corrected chi connectivity index (χ2v) is 3.12. The average molecular weight is 176 g/mol. The largest absolute Gasteiger partial charge is 0.365 e. The Kier molecular flexibility index (Phi) is 1.93. The van der Waals surface area contributed by atoms with E-state index in [0.29, 0.717) is 0 Å². The molecule has 3 heteroatoms. The van der Waals surface area contributed by atoms with E-state index in [9.17, 15) is 4.79 Å². The van der Waals surface area contributed by atoms with E-state index in [2.05, 4.69) is 10.6 Å². The minimum atomic E-state index is 0.0150. The molecule has 1 aliphatic rings. The van der Waals surface area contributed by atoms with E-state index in [-0.39, 0.29) is 12.1 Å². The Bertz CT molecular complexity index is 335. The van der Waals surface area contributed by atoms with E-state index >= 15 is 0 Å². The summed E-state index contributed by atoms with van der Waals surface area (Å²) in [5.41, 5.74) is 1.66. The molecule has 3 nitrogen and oxygen atoms in total. The third-order valence-electron chi connectivity index (χ3n) is 2.21. The van der Waals surface area contributed by atoms with Crippen molar-refractivity contribution in [3.05, 3.63) is 29.8 Å². The van der Waals surface area contributed by atoms with Gasteiger partial charge in [0, 0.05) is 5.69 Å². The van der Waals surface area contributed by atoms with E-state index in [1.165, 1.54) is 0 Å². The summed E-state index contributed by atoms with van der Waals surface area (Å²) in [6.07, 6.45) is 0.961. The smallest absolute Gasteiger partial charge is 0.254 e. The van der Waals surface area contributed by atoms with E-state index in [4.69, 9.17) is 0 Å². The van der Waals surface area contributed by atoms with Gasteiger partial charge in [-0.1, -0.05) is 19.1 Å². The number of amides is 1. The SMILES string of the molecule is CC[C@@H]1NC(=O)c2ccccc2N1. The summed E-state index contributed by atoms with van der Waals surface area (Å²) >= 11 is 0. The predicted molar refractivity (Wildman–Crippen MR) is 51.6 cm³/mol. The monoisotopic (exact) mass is 176 g/mol. The van der Waals surface area contributed by atoms with Gasteiger partial charge in [0.05, 0.1) is 11.7 Å². The van der Waals surface area contributed by atoms with Crippen molar-refractivity contribution < 1.29 is 4.79 Å². The van der Waals surface area contributed by atoms with Gasteiger partial charge in [-0.2, -0.15) is 0 Å². The van der Waals surface area contributed by atoms with Gasteiger partial charge >= 0.3 is 0 Å². The van der Waals surface area contributed by atoms with Crippen LogP contribution in [0, 0.1) is 0 Å². The number of rotatable bonds is 1. The number of carbonyl (C=O) groups excluding carboxylic acids is 1. The van der Waals surface area contributed by atoms with Crippen LogP contribution in [0.1, 0.15) is 23.7 Å². The molecule has 0 saturated heterocycles. The Morgan fingerprint density at radius 2 is 2.08 bits per heavy atom. The highest BCUT2D eigenvalue weighted by molar-refractivity contribution is 6.01. The van der Waals surface area contributed by atoms with Crippen LogP contribution >= 0.6 is 0 Å². The van der Waals surface area contributed by atoms with E-state index in [0.717, 1.165) is 17.7 Å². The summed E-state index contributed by atoms with van der Waals surface area (Å²) in [6, 6.07) is 7.55. The van der Waals surface area contributed by atoms with Crippen LogP contribution in [0.3, 0.4) is 0 Å². The lowest BCUT2D eigenvalue weighted by Gasteiger charge is -2.26. The van der Waals surface area contributed by atoms with Crippen LogP contribution in [0.2, 0.25) is 0 Å². The van der Waals surface area contributed by atoms with Crippen molar-refractivity contribution in [2.24, 2.45) is 0 Å². The van der Waals surface area contributed by atoms with Crippen LogP contribution < -0.4 is 10.6 Å². The first kappa shape index (κ1) is 8.10. The number of hydrogen-bond acceptors (Lipinski definition) is 2. The highest BCUT2D eigenvalue weighted by Crippen LogP contribution is 2.19. The van der Waals surface area contributed by atoms with Crippen LogP contribution in [-0.4, -0.2) is 12.1 Å². The zero-order chi connectivity index (χ0) is 9.26. The van der Waals surface area contributed by atoms with Crippen molar-refractivity contribution in [1.82, 2.24) is 5.32 Å². The second kappa shape index (κ2) is 3.09. The lowest BCUT2D eigenvalue weighted by Crippen LogP contribution is -2.44. The lowest BCUT2D eigenvalue weighted by atomic mass is 10.1. The molecule has 0 saturated carbocycles. The van der Waals surface area contributed by atoms with Gasteiger partial charge in [0.1, 0.15) is 0 Å². The van der Waals surface area contributed by atoms with Crippen LogP contribution in [0.4, 0.5) is 5.69 Å². The van der Waals surface area contributed by atoms with Gasteiger partial charge in [-0.05, 0) is 18.6 Å². The highest BCUT2D eigenvalue weighted by atomic mass is 16.2. The molecule has 1 atom stereocenters. The Labute approximate surface area is 77.1 Å². The Morgan fingerprint density at radius 1 is 1.31 bits per heavy atom. The maximum Gasteiger partial charge on any atom is 0.254 e. The van der Waals surface area contributed by atoms with Gasteiger partial charge < -0.3 is 10.6 Å². The lowest BCUT2D eigenvalue weighted by molar-refractivity contribution is 0.0935. The minimum absolute atomic E-state index is 0.0150. The first-order valence-corrected chi connectivity index (χ1v) is 4.47. The molecular formula is C10H12N2O. The fourth-order valence-corrected chi connectivity index (χ4v) is 1.47. The molecule has 0 aromatic heterocycles. The number of carbonyl (C=O) groups is 1. The molecule has 1 aromatic rings. The van der Waals surface area contributed by atoms with Gasteiger partial charge in [0.25, 0.3) is 5.91 Å². The van der Waals surface area contributed by atoms with E-state index < -0.39 is 0 Å². The molecule has 1 aromatic carbocycles. The summed E-state index contributed by atoms with van der Waals surface area (Å²) in [4.78, 5) is 11.5. The van der Waals surface area contributed by atoms with Crippen molar-refractivity contribution in [1.29, 1.82) is 0 Å². The number of fused-ring (bicyclic) bond motifs is 1. The molecule has 2 rings (SSSR count). The van der Waals surface area contributed by atoms with Gasteiger partial charge in [-0.3, -0.25) is 4.79 Å². The number of para-hydroxylation sites is 1. The molecule has 0 radical (unpaired) electrons. The Morgan fingerprint density at radius 3 is 2.85 bits per heavy atom. The highest BCUT2D eigenvalue weighted by Gasteiger charge is 2.20. The van der Waals surface area contributed by atoms with Gasteiger partial charge in [-0.25, -0.2) is 0 Å². The molecule has 0 unspecified atom stereocenters. The summed E-state index contributed by atoms with van der Waals surface area (Å²) in [5, 5.41) is 6.12. The van der Waals surface area contributed by atoms with Crippen LogP contribution in [0.15, 0.2) is 24.3 Å². The van der Waals surface area contributed by atoms with Crippen molar-refractivity contribution in [3.8, 4) is 0 Å². The molecule has 13 heavy (non-hydrogen) atoms. The van der Waals surface area contributed by atoms with Gasteiger partial charge in [-0.15, -0.1) is 0 Å². The van der Waals surface area contributed by atoms with Crippen LogP contribution in [0.5, 0.6) is 0 Å². The number of anilines is 1. The summed E-state index contributed by atoms with van der Waals surface area (Å²) in [6.45, 7) is 2.03. The van der Waals surface area contributed by atoms with Crippen LogP contribution in [-0.2, 0) is 0 Å². The molecule has 0 spiro atoms. The topological polar surface area (TPSA) is 41.1 Å². The molecule has 1 amide bonds. The third kappa shape index (κ3) is 1.37. The molecule has 2 N–H and O–H groups in total. The summed E-state index contributed by atoms with van der Waals surface area (Å²) < 4.78 is 0. The van der Waals surface area contributed by atoms with Crippen molar-refractivity contribution >= 4 is 11.6 Å². The second-order valence-electron chi connectivity index (χ2n) is 3.12. The fourth-order valence-electron chi connectivity index (χ4n) is 1.47. The van der Waals surface area contributed by atoms with E-state index in [1.807, 2.05) is 31.2 Å². The van der Waals surface area contributed by atoms with Gasteiger partial charge in [0.2, 0.25) is 0 Å². The Balaban J connectivity index is 2.37. The molecule has 0 fully saturated rings. The zero-order valence-electron chi connectivity index (χ0n) is 7.50. The first-order chi connectivity index (χ1) is 6.31. The standard InChI is InChI=1S/C10H12N2O/c1-2-9-11-8-6-4-3-5-7(8)10(13)12-9/h3-6,9,11H,2H2,1H3,(H,12,13)/t9-/m0/s1. The molecular weight excluding hydrogens is 164 g/mol. The predicted octanol–water partition coefficient (Wildman–Crippen LogP) is 1.58. The summed E-state index contributed by atoms with van der Waals surface area (Å²) in [7, 11) is 0. The number of hydrogen-bond donors (Lipinski definition) is 2. The van der Waals surface area contributed by atoms with Crippen LogP contribution in [0.25, 0.3) is 0 Å². The fraction of sp³-hybridized carbons (Fsp3) is 0.300. The zero-order valence-corrected chi connectivity index (χ0v) is 7.50. The minimum Gasteiger partial charge on any atom is -0.365 e. The average Bonchev–Trinajstić information content (AvgIpc) is 2.18. The van der Waals surface area contributed by atoms with Crippen molar-refractivity contribution in [3.63, 3.8) is 0 Å². The first-order valence-electron chi connectivity index (χ1n) is 4.47. The quantitative estimate of drug-likeness (QED) is 0.682. The van der Waals surface area contributed by atoms with Crippen molar-refractivity contribution in [2.45, 2.75) is 19.5 Å². The number of nitrogens with one attached hydrogen (secondary N) is 2. The van der Waals surface area contributed by atoms with Crippen molar-refractivity contribution in [2.75, 3.05) is 5.32 Å². The summed E-state index contributed by atoms with van der Waals surface area (Å²) in [5.74, 6) is 0.0150. The Hall–Kier alpha value is -1.51. The van der Waals surface area contributed by atoms with E-state index in [1.54, 1.807) is 0 Å².